The van der Waals surface area contributed by atoms with E-state index in [1.54, 1.807) is 0 Å². The van der Waals surface area contributed by atoms with Gasteiger partial charge in [0.2, 0.25) is 5.91 Å². The Morgan fingerprint density at radius 2 is 2.07 bits per heavy atom. The zero-order chi connectivity index (χ0) is 10.8. The summed E-state index contributed by atoms with van der Waals surface area (Å²) in [6, 6.07) is 7.33. The van der Waals surface area contributed by atoms with Gasteiger partial charge in [0.15, 0.2) is 0 Å². The van der Waals surface area contributed by atoms with Crippen LogP contribution in [0.1, 0.15) is 12.8 Å². The zero-order valence-electron chi connectivity index (χ0n) is 8.32. The standard InChI is InChI=1S/C11H13ClN2O/c12-8-3-5-9(6-4-8)14-7-1-2-10(14)11(13)15/h3-6,10H,1-2,7H2,(H2,13,15)/t10-/m1/s1. The third-order valence-corrected chi connectivity index (χ3v) is 2.99. The van der Waals surface area contributed by atoms with Crippen LogP contribution in [0, 0.1) is 0 Å². The Morgan fingerprint density at radius 3 is 2.67 bits per heavy atom. The quantitative estimate of drug-likeness (QED) is 0.833. The van der Waals surface area contributed by atoms with Crippen molar-refractivity contribution in [2.75, 3.05) is 11.4 Å². The van der Waals surface area contributed by atoms with Gasteiger partial charge in [-0.1, -0.05) is 11.6 Å². The molecule has 1 heterocycles. The summed E-state index contributed by atoms with van der Waals surface area (Å²) in [5.41, 5.74) is 6.36. The molecule has 4 heteroatoms. The number of benzene rings is 1. The lowest BCUT2D eigenvalue weighted by atomic mass is 10.2. The molecular formula is C11H13ClN2O. The van der Waals surface area contributed by atoms with Gasteiger partial charge in [-0.2, -0.15) is 0 Å². The maximum absolute atomic E-state index is 11.2. The maximum Gasteiger partial charge on any atom is 0.240 e. The first-order valence-electron chi connectivity index (χ1n) is 5.00. The lowest BCUT2D eigenvalue weighted by Gasteiger charge is -2.24. The molecule has 1 amide bonds. The monoisotopic (exact) mass is 224 g/mol. The second-order valence-electron chi connectivity index (χ2n) is 3.73. The van der Waals surface area contributed by atoms with Crippen molar-refractivity contribution in [1.82, 2.24) is 0 Å². The summed E-state index contributed by atoms with van der Waals surface area (Å²) in [6.07, 6.45) is 1.86. The Balaban J connectivity index is 2.22. The fraction of sp³-hybridized carbons (Fsp3) is 0.364. The second-order valence-corrected chi connectivity index (χ2v) is 4.17. The number of amides is 1. The molecular weight excluding hydrogens is 212 g/mol. The highest BCUT2D eigenvalue weighted by Crippen LogP contribution is 2.26. The number of carbonyl (C=O) groups excluding carboxylic acids is 1. The molecule has 0 aliphatic carbocycles. The van der Waals surface area contributed by atoms with E-state index in [2.05, 4.69) is 0 Å². The fourth-order valence-electron chi connectivity index (χ4n) is 2.00. The van der Waals surface area contributed by atoms with Gasteiger partial charge in [-0.25, -0.2) is 0 Å². The Morgan fingerprint density at radius 1 is 1.40 bits per heavy atom. The summed E-state index contributed by atoms with van der Waals surface area (Å²) in [4.78, 5) is 13.2. The molecule has 1 aliphatic rings. The number of anilines is 1. The zero-order valence-corrected chi connectivity index (χ0v) is 9.07. The summed E-state index contributed by atoms with van der Waals surface area (Å²) in [7, 11) is 0. The normalized spacial score (nSPS) is 20.6. The van der Waals surface area contributed by atoms with Crippen LogP contribution in [0.3, 0.4) is 0 Å². The SMILES string of the molecule is NC(=O)[C@H]1CCCN1c1ccc(Cl)cc1. The molecule has 15 heavy (non-hydrogen) atoms. The van der Waals surface area contributed by atoms with Gasteiger partial charge in [-0.15, -0.1) is 0 Å². The smallest absolute Gasteiger partial charge is 0.240 e. The van der Waals surface area contributed by atoms with Crippen molar-refractivity contribution in [3.8, 4) is 0 Å². The van der Waals surface area contributed by atoms with Gasteiger partial charge >= 0.3 is 0 Å². The molecule has 2 rings (SSSR count). The van der Waals surface area contributed by atoms with E-state index in [1.807, 2.05) is 29.2 Å². The van der Waals surface area contributed by atoms with Crippen molar-refractivity contribution in [3.63, 3.8) is 0 Å². The van der Waals surface area contributed by atoms with Crippen LogP contribution in [-0.4, -0.2) is 18.5 Å². The summed E-state index contributed by atoms with van der Waals surface area (Å²) in [6.45, 7) is 0.884. The average Bonchev–Trinajstić information content (AvgIpc) is 2.67. The molecule has 1 fully saturated rings. The highest BCUT2D eigenvalue weighted by molar-refractivity contribution is 6.30. The van der Waals surface area contributed by atoms with Gasteiger partial charge in [0.05, 0.1) is 0 Å². The molecule has 1 aliphatic heterocycles. The van der Waals surface area contributed by atoms with Gasteiger partial charge in [-0.05, 0) is 37.1 Å². The molecule has 0 bridgehead atoms. The van der Waals surface area contributed by atoms with Crippen LogP contribution >= 0.6 is 11.6 Å². The second kappa shape index (κ2) is 4.11. The van der Waals surface area contributed by atoms with Crippen LogP contribution in [-0.2, 0) is 4.79 Å². The molecule has 3 nitrogen and oxygen atoms in total. The minimum Gasteiger partial charge on any atom is -0.368 e. The van der Waals surface area contributed by atoms with Crippen molar-refractivity contribution in [2.24, 2.45) is 5.73 Å². The molecule has 1 aromatic carbocycles. The average molecular weight is 225 g/mol. The van der Waals surface area contributed by atoms with Crippen molar-refractivity contribution in [1.29, 1.82) is 0 Å². The lowest BCUT2D eigenvalue weighted by molar-refractivity contribution is -0.119. The number of nitrogens with two attached hydrogens (primary N) is 1. The first-order valence-corrected chi connectivity index (χ1v) is 5.38. The van der Waals surface area contributed by atoms with Gasteiger partial charge in [0, 0.05) is 17.3 Å². The minimum absolute atomic E-state index is 0.161. The van der Waals surface area contributed by atoms with Crippen molar-refractivity contribution in [2.45, 2.75) is 18.9 Å². The molecule has 2 N–H and O–H groups in total. The number of rotatable bonds is 2. The molecule has 0 spiro atoms. The summed E-state index contributed by atoms with van der Waals surface area (Å²) >= 11 is 5.81. The highest BCUT2D eigenvalue weighted by atomic mass is 35.5. The predicted molar refractivity (Wildman–Crippen MR) is 61.0 cm³/mol. The topological polar surface area (TPSA) is 46.3 Å². The van der Waals surface area contributed by atoms with Gasteiger partial charge in [-0.3, -0.25) is 4.79 Å². The molecule has 0 radical (unpaired) electrons. The largest absolute Gasteiger partial charge is 0.368 e. The lowest BCUT2D eigenvalue weighted by Crippen LogP contribution is -2.40. The molecule has 1 atom stereocenters. The number of nitrogens with zero attached hydrogens (tertiary/aromatic N) is 1. The van der Waals surface area contributed by atoms with Crippen LogP contribution in [0.15, 0.2) is 24.3 Å². The Hall–Kier alpha value is -1.22. The number of carbonyl (C=O) groups is 1. The third-order valence-electron chi connectivity index (χ3n) is 2.74. The Labute approximate surface area is 93.8 Å². The molecule has 0 aromatic heterocycles. The first kappa shape index (κ1) is 10.3. The van der Waals surface area contributed by atoms with E-state index in [1.165, 1.54) is 0 Å². The predicted octanol–water partition coefficient (Wildman–Crippen LogP) is 1.79. The number of hydrogen-bond acceptors (Lipinski definition) is 2. The molecule has 0 unspecified atom stereocenters. The summed E-state index contributed by atoms with van der Waals surface area (Å²) in [5.74, 6) is -0.248. The van der Waals surface area contributed by atoms with Crippen LogP contribution in [0.25, 0.3) is 0 Å². The van der Waals surface area contributed by atoms with Crippen molar-refractivity contribution >= 4 is 23.2 Å². The van der Waals surface area contributed by atoms with Crippen molar-refractivity contribution < 1.29 is 4.79 Å². The van der Waals surface area contributed by atoms with Crippen LogP contribution in [0.2, 0.25) is 5.02 Å². The minimum atomic E-state index is -0.248. The van der Waals surface area contributed by atoms with Crippen molar-refractivity contribution in [3.05, 3.63) is 29.3 Å². The first-order chi connectivity index (χ1) is 7.18. The van der Waals surface area contributed by atoms with E-state index in [9.17, 15) is 4.79 Å². The van der Waals surface area contributed by atoms with E-state index < -0.39 is 0 Å². The molecule has 1 aromatic rings. The van der Waals surface area contributed by atoms with Crippen LogP contribution in [0.5, 0.6) is 0 Å². The number of halogens is 1. The van der Waals surface area contributed by atoms with E-state index >= 15 is 0 Å². The summed E-state index contributed by atoms with van der Waals surface area (Å²) in [5, 5.41) is 0.702. The number of primary amides is 1. The third kappa shape index (κ3) is 2.07. The van der Waals surface area contributed by atoms with E-state index in [0.717, 1.165) is 25.1 Å². The molecule has 80 valence electrons. The van der Waals surface area contributed by atoms with E-state index in [0.29, 0.717) is 5.02 Å². The highest BCUT2D eigenvalue weighted by Gasteiger charge is 2.28. The Bertz CT molecular complexity index is 363. The fourth-order valence-corrected chi connectivity index (χ4v) is 2.13. The van der Waals surface area contributed by atoms with Gasteiger partial charge in [0.1, 0.15) is 6.04 Å². The Kier molecular flexibility index (Phi) is 2.82. The molecule has 0 saturated carbocycles. The van der Waals surface area contributed by atoms with Gasteiger partial charge < -0.3 is 10.6 Å². The number of hydrogen-bond donors (Lipinski definition) is 1. The van der Waals surface area contributed by atoms with Gasteiger partial charge in [0.25, 0.3) is 0 Å². The molecule has 1 saturated heterocycles. The summed E-state index contributed by atoms with van der Waals surface area (Å²) < 4.78 is 0. The van der Waals surface area contributed by atoms with Crippen LogP contribution in [0.4, 0.5) is 5.69 Å². The maximum atomic E-state index is 11.2. The van der Waals surface area contributed by atoms with E-state index in [-0.39, 0.29) is 11.9 Å². The van der Waals surface area contributed by atoms with E-state index in [4.69, 9.17) is 17.3 Å². The van der Waals surface area contributed by atoms with Crippen LogP contribution < -0.4 is 10.6 Å².